The highest BCUT2D eigenvalue weighted by molar-refractivity contribution is 5.97. The van der Waals surface area contributed by atoms with Gasteiger partial charge in [0.2, 0.25) is 0 Å². The van der Waals surface area contributed by atoms with Crippen molar-refractivity contribution in [2.75, 3.05) is 32.7 Å². The highest BCUT2D eigenvalue weighted by atomic mass is 16.1. The molecule has 0 saturated carbocycles. The molecule has 0 atom stereocenters. The summed E-state index contributed by atoms with van der Waals surface area (Å²) in [6, 6.07) is 8.55. The molecule has 1 aromatic carbocycles. The minimum absolute atomic E-state index is 0.240. The number of hydrogen-bond donors (Lipinski definition) is 1. The number of ketones is 1. The molecule has 4 nitrogen and oxygen atoms in total. The molecule has 138 valence electrons. The topological polar surface area (TPSA) is 49.6 Å². The first-order valence-electron chi connectivity index (χ1n) is 10.1. The summed E-state index contributed by atoms with van der Waals surface area (Å²) in [6.07, 6.45) is 8.35. The monoisotopic (exact) mass is 343 g/mol. The first-order valence-corrected chi connectivity index (χ1v) is 10.1. The largest absolute Gasteiger partial charge is 0.326 e. The number of likely N-dealkylation sites (tertiary alicyclic amines) is 2. The Balaban J connectivity index is 1.38. The smallest absolute Gasteiger partial charge is 0.163 e. The van der Waals surface area contributed by atoms with Gasteiger partial charge in [-0.2, -0.15) is 0 Å². The van der Waals surface area contributed by atoms with Gasteiger partial charge in [-0.05, 0) is 70.4 Å². The molecule has 2 N–H and O–H groups in total. The molecule has 0 aliphatic carbocycles. The minimum Gasteiger partial charge on any atom is -0.326 e. The summed E-state index contributed by atoms with van der Waals surface area (Å²) in [7, 11) is 0. The zero-order chi connectivity index (χ0) is 17.5. The fraction of sp³-hybridized carbons (Fsp3) is 0.667. The van der Waals surface area contributed by atoms with Crippen LogP contribution in [0.15, 0.2) is 24.3 Å². The lowest BCUT2D eigenvalue weighted by Gasteiger charge is -2.40. The molecular formula is C21H33N3O. The van der Waals surface area contributed by atoms with E-state index in [1.54, 1.807) is 0 Å². The SMILES string of the molecule is NCc1ccccc1C(=O)CCCN1CCC(N2CCCCC2)CC1. The normalized spacial score (nSPS) is 20.7. The predicted molar refractivity (Wildman–Crippen MR) is 103 cm³/mol. The van der Waals surface area contributed by atoms with Gasteiger partial charge in [-0.15, -0.1) is 0 Å². The van der Waals surface area contributed by atoms with E-state index in [0.717, 1.165) is 30.1 Å². The van der Waals surface area contributed by atoms with Crippen LogP contribution in [-0.2, 0) is 6.54 Å². The van der Waals surface area contributed by atoms with E-state index in [4.69, 9.17) is 5.73 Å². The molecule has 4 heteroatoms. The molecule has 2 aliphatic heterocycles. The van der Waals surface area contributed by atoms with Crippen molar-refractivity contribution < 1.29 is 4.79 Å². The van der Waals surface area contributed by atoms with Gasteiger partial charge in [0.25, 0.3) is 0 Å². The average Bonchev–Trinajstić information content (AvgIpc) is 2.69. The summed E-state index contributed by atoms with van der Waals surface area (Å²) in [5.41, 5.74) is 7.53. The van der Waals surface area contributed by atoms with E-state index in [1.807, 2.05) is 24.3 Å². The van der Waals surface area contributed by atoms with Crippen LogP contribution in [0.2, 0.25) is 0 Å². The first kappa shape index (κ1) is 18.6. The number of piperidine rings is 2. The highest BCUT2D eigenvalue weighted by Crippen LogP contribution is 2.21. The summed E-state index contributed by atoms with van der Waals surface area (Å²) in [6.45, 7) is 6.47. The zero-order valence-corrected chi connectivity index (χ0v) is 15.5. The number of carbonyl (C=O) groups is 1. The van der Waals surface area contributed by atoms with Crippen LogP contribution in [-0.4, -0.2) is 54.3 Å². The predicted octanol–water partition coefficient (Wildman–Crippen LogP) is 3.06. The molecule has 0 bridgehead atoms. The number of benzene rings is 1. The fourth-order valence-electron chi connectivity index (χ4n) is 4.36. The number of Topliss-reactive ketones (excluding diaryl/α,β-unsaturated/α-hetero) is 1. The van der Waals surface area contributed by atoms with Gasteiger partial charge in [-0.25, -0.2) is 0 Å². The maximum Gasteiger partial charge on any atom is 0.163 e. The third-order valence-corrected chi connectivity index (χ3v) is 5.88. The number of rotatable bonds is 7. The van der Waals surface area contributed by atoms with Crippen molar-refractivity contribution in [3.05, 3.63) is 35.4 Å². The fourth-order valence-corrected chi connectivity index (χ4v) is 4.36. The second-order valence-electron chi connectivity index (χ2n) is 7.56. The van der Waals surface area contributed by atoms with Gasteiger partial charge in [0, 0.05) is 24.6 Å². The summed E-state index contributed by atoms with van der Waals surface area (Å²) < 4.78 is 0. The van der Waals surface area contributed by atoms with Crippen molar-refractivity contribution in [1.82, 2.24) is 9.80 Å². The number of nitrogens with zero attached hydrogens (tertiary/aromatic N) is 2. The van der Waals surface area contributed by atoms with Crippen molar-refractivity contribution >= 4 is 5.78 Å². The Labute approximate surface area is 152 Å². The summed E-state index contributed by atoms with van der Waals surface area (Å²) >= 11 is 0. The average molecular weight is 344 g/mol. The Hall–Kier alpha value is -1.23. The zero-order valence-electron chi connectivity index (χ0n) is 15.5. The van der Waals surface area contributed by atoms with Crippen LogP contribution in [0.4, 0.5) is 0 Å². The molecule has 0 unspecified atom stereocenters. The van der Waals surface area contributed by atoms with Crippen molar-refractivity contribution in [2.45, 2.75) is 57.5 Å². The lowest BCUT2D eigenvalue weighted by Crippen LogP contribution is -2.46. The van der Waals surface area contributed by atoms with E-state index in [0.29, 0.717) is 13.0 Å². The van der Waals surface area contributed by atoms with E-state index < -0.39 is 0 Å². The molecule has 2 fully saturated rings. The quantitative estimate of drug-likeness (QED) is 0.773. The summed E-state index contributed by atoms with van der Waals surface area (Å²) in [5.74, 6) is 0.240. The molecule has 0 spiro atoms. The van der Waals surface area contributed by atoms with Crippen molar-refractivity contribution in [3.8, 4) is 0 Å². The van der Waals surface area contributed by atoms with Gasteiger partial charge in [0.1, 0.15) is 0 Å². The van der Waals surface area contributed by atoms with Crippen LogP contribution in [0.1, 0.15) is 60.9 Å². The third kappa shape index (κ3) is 5.13. The second kappa shape index (κ2) is 9.46. The van der Waals surface area contributed by atoms with E-state index in [2.05, 4.69) is 9.80 Å². The van der Waals surface area contributed by atoms with Gasteiger partial charge >= 0.3 is 0 Å². The molecule has 0 radical (unpaired) electrons. The Bertz CT molecular complexity index is 546. The summed E-state index contributed by atoms with van der Waals surface area (Å²) in [4.78, 5) is 17.7. The number of carbonyl (C=O) groups excluding carboxylic acids is 1. The molecular weight excluding hydrogens is 310 g/mol. The molecule has 25 heavy (non-hydrogen) atoms. The van der Waals surface area contributed by atoms with E-state index >= 15 is 0 Å². The van der Waals surface area contributed by atoms with E-state index in [-0.39, 0.29) is 5.78 Å². The molecule has 2 aliphatic rings. The standard InChI is InChI=1S/C21H33N3O/c22-17-18-7-2-3-8-20(18)21(25)9-6-12-23-15-10-19(11-16-23)24-13-4-1-5-14-24/h2-3,7-8,19H,1,4-6,9-17,22H2. The van der Waals surface area contributed by atoms with Gasteiger partial charge in [0.15, 0.2) is 5.78 Å². The Morgan fingerprint density at radius 1 is 1.04 bits per heavy atom. The molecule has 1 aromatic rings. The third-order valence-electron chi connectivity index (χ3n) is 5.88. The minimum atomic E-state index is 0.240. The molecule has 0 aromatic heterocycles. The van der Waals surface area contributed by atoms with Crippen LogP contribution >= 0.6 is 0 Å². The number of hydrogen-bond acceptors (Lipinski definition) is 4. The lowest BCUT2D eigenvalue weighted by molar-refractivity contribution is 0.0885. The first-order chi connectivity index (χ1) is 12.3. The van der Waals surface area contributed by atoms with Gasteiger partial charge in [-0.3, -0.25) is 4.79 Å². The molecule has 3 rings (SSSR count). The van der Waals surface area contributed by atoms with E-state index in [1.165, 1.54) is 58.3 Å². The maximum atomic E-state index is 12.4. The van der Waals surface area contributed by atoms with Crippen molar-refractivity contribution in [2.24, 2.45) is 5.73 Å². The molecule has 0 amide bonds. The lowest BCUT2D eigenvalue weighted by atomic mass is 9.98. The molecule has 2 heterocycles. The van der Waals surface area contributed by atoms with Crippen molar-refractivity contribution in [1.29, 1.82) is 0 Å². The second-order valence-corrected chi connectivity index (χ2v) is 7.56. The van der Waals surface area contributed by atoms with Gasteiger partial charge in [0.05, 0.1) is 0 Å². The van der Waals surface area contributed by atoms with Crippen LogP contribution in [0.5, 0.6) is 0 Å². The van der Waals surface area contributed by atoms with Gasteiger partial charge in [-0.1, -0.05) is 30.7 Å². The van der Waals surface area contributed by atoms with Crippen LogP contribution in [0, 0.1) is 0 Å². The molecule has 2 saturated heterocycles. The van der Waals surface area contributed by atoms with Crippen LogP contribution < -0.4 is 5.73 Å². The maximum absolute atomic E-state index is 12.4. The number of nitrogens with two attached hydrogens (primary N) is 1. The van der Waals surface area contributed by atoms with Crippen LogP contribution in [0.25, 0.3) is 0 Å². The Kier molecular flexibility index (Phi) is 7.02. The van der Waals surface area contributed by atoms with Gasteiger partial charge < -0.3 is 15.5 Å². The highest BCUT2D eigenvalue weighted by Gasteiger charge is 2.25. The van der Waals surface area contributed by atoms with Crippen molar-refractivity contribution in [3.63, 3.8) is 0 Å². The van der Waals surface area contributed by atoms with Crippen LogP contribution in [0.3, 0.4) is 0 Å². The summed E-state index contributed by atoms with van der Waals surface area (Å²) in [5, 5.41) is 0. The Morgan fingerprint density at radius 2 is 1.76 bits per heavy atom. The van der Waals surface area contributed by atoms with E-state index in [9.17, 15) is 4.79 Å². The Morgan fingerprint density at radius 3 is 2.48 bits per heavy atom.